The van der Waals surface area contributed by atoms with Crippen molar-refractivity contribution in [3.63, 3.8) is 0 Å². The number of amides is 1. The standard InChI is InChI=1S/C20H25BN2O4/c1-13-16(23-18(24)14-9-11-22-12-10-14)8-7-15(17(13)25-6)21-26-19(2,3)20(4,5)27-21/h7-12H,1-6H3,(H,23,24). The van der Waals surface area contributed by atoms with Gasteiger partial charge in [-0.25, -0.2) is 0 Å². The summed E-state index contributed by atoms with van der Waals surface area (Å²) in [6.07, 6.45) is 3.17. The van der Waals surface area contributed by atoms with Crippen LogP contribution in [0.4, 0.5) is 5.69 Å². The van der Waals surface area contributed by atoms with Crippen LogP contribution in [0.25, 0.3) is 0 Å². The maximum Gasteiger partial charge on any atom is 0.498 e. The molecule has 2 heterocycles. The van der Waals surface area contributed by atoms with Gasteiger partial charge in [0.15, 0.2) is 0 Å². The van der Waals surface area contributed by atoms with Gasteiger partial charge in [0.2, 0.25) is 0 Å². The molecule has 1 aromatic heterocycles. The quantitative estimate of drug-likeness (QED) is 0.841. The first-order valence-electron chi connectivity index (χ1n) is 8.91. The zero-order valence-electron chi connectivity index (χ0n) is 16.6. The Bertz CT molecular complexity index is 837. The number of aromatic nitrogens is 1. The van der Waals surface area contributed by atoms with Gasteiger partial charge in [-0.2, -0.15) is 0 Å². The Morgan fingerprint density at radius 3 is 2.22 bits per heavy atom. The van der Waals surface area contributed by atoms with Crippen LogP contribution >= 0.6 is 0 Å². The van der Waals surface area contributed by atoms with Gasteiger partial charge in [-0.05, 0) is 52.8 Å². The minimum atomic E-state index is -0.534. The fourth-order valence-electron chi connectivity index (χ4n) is 2.97. The fourth-order valence-corrected chi connectivity index (χ4v) is 2.97. The first kappa shape index (κ1) is 19.4. The molecule has 1 aromatic carbocycles. The Morgan fingerprint density at radius 1 is 1.07 bits per heavy atom. The van der Waals surface area contributed by atoms with Crippen molar-refractivity contribution in [1.29, 1.82) is 0 Å². The lowest BCUT2D eigenvalue weighted by molar-refractivity contribution is 0.00578. The highest BCUT2D eigenvalue weighted by Gasteiger charge is 2.52. The molecule has 0 atom stereocenters. The van der Waals surface area contributed by atoms with Gasteiger partial charge in [-0.3, -0.25) is 9.78 Å². The molecule has 142 valence electrons. The van der Waals surface area contributed by atoms with E-state index in [9.17, 15) is 4.79 Å². The molecule has 3 rings (SSSR count). The highest BCUT2D eigenvalue weighted by Crippen LogP contribution is 2.38. The number of methoxy groups -OCH3 is 1. The SMILES string of the molecule is COc1c(B2OC(C)(C)C(C)(C)O2)ccc(NC(=O)c2ccncc2)c1C. The Morgan fingerprint density at radius 2 is 1.67 bits per heavy atom. The zero-order chi connectivity index (χ0) is 19.8. The predicted octanol–water partition coefficient (Wildman–Crippen LogP) is 2.95. The monoisotopic (exact) mass is 368 g/mol. The summed E-state index contributed by atoms with van der Waals surface area (Å²) in [5.41, 5.74) is 1.95. The highest BCUT2D eigenvalue weighted by molar-refractivity contribution is 6.63. The van der Waals surface area contributed by atoms with Gasteiger partial charge < -0.3 is 19.4 Å². The van der Waals surface area contributed by atoms with E-state index in [1.807, 2.05) is 46.8 Å². The molecule has 7 heteroatoms. The molecule has 6 nitrogen and oxygen atoms in total. The van der Waals surface area contributed by atoms with E-state index in [0.29, 0.717) is 17.0 Å². The second-order valence-corrected chi connectivity index (χ2v) is 7.64. The third-order valence-electron chi connectivity index (χ3n) is 5.34. The van der Waals surface area contributed by atoms with Gasteiger partial charge in [0, 0.05) is 34.7 Å². The number of hydrogen-bond donors (Lipinski definition) is 1. The normalized spacial score (nSPS) is 17.6. The van der Waals surface area contributed by atoms with Crippen LogP contribution in [0, 0.1) is 6.92 Å². The number of pyridine rings is 1. The molecule has 0 unspecified atom stereocenters. The van der Waals surface area contributed by atoms with E-state index in [-0.39, 0.29) is 5.91 Å². The minimum Gasteiger partial charge on any atom is -0.497 e. The van der Waals surface area contributed by atoms with E-state index >= 15 is 0 Å². The molecular weight excluding hydrogens is 343 g/mol. The van der Waals surface area contributed by atoms with E-state index in [1.54, 1.807) is 31.6 Å². The number of anilines is 1. The molecule has 1 saturated heterocycles. The largest absolute Gasteiger partial charge is 0.498 e. The summed E-state index contributed by atoms with van der Waals surface area (Å²) < 4.78 is 17.9. The molecule has 1 N–H and O–H groups in total. The van der Waals surface area contributed by atoms with Crippen molar-refractivity contribution < 1.29 is 18.8 Å². The first-order chi connectivity index (χ1) is 12.7. The van der Waals surface area contributed by atoms with Crippen LogP contribution in [-0.2, 0) is 9.31 Å². The molecule has 0 spiro atoms. The summed E-state index contributed by atoms with van der Waals surface area (Å²) >= 11 is 0. The molecule has 0 aliphatic carbocycles. The lowest BCUT2D eigenvalue weighted by Crippen LogP contribution is -2.41. The third kappa shape index (κ3) is 3.57. The Hall–Kier alpha value is -2.38. The molecule has 1 fully saturated rings. The molecule has 0 saturated carbocycles. The molecule has 0 radical (unpaired) electrons. The summed E-state index contributed by atoms with van der Waals surface area (Å²) in [6.45, 7) is 9.94. The second kappa shape index (κ2) is 6.98. The van der Waals surface area contributed by atoms with Crippen molar-refractivity contribution in [2.45, 2.75) is 45.8 Å². The van der Waals surface area contributed by atoms with Crippen LogP contribution in [0.2, 0.25) is 0 Å². The van der Waals surface area contributed by atoms with Crippen LogP contribution in [-0.4, -0.2) is 36.3 Å². The molecule has 1 aliphatic rings. The van der Waals surface area contributed by atoms with Crippen molar-refractivity contribution in [3.05, 3.63) is 47.8 Å². The van der Waals surface area contributed by atoms with E-state index in [2.05, 4.69) is 10.3 Å². The van der Waals surface area contributed by atoms with Gasteiger partial charge in [0.1, 0.15) is 5.75 Å². The fraction of sp³-hybridized carbons (Fsp3) is 0.400. The average Bonchev–Trinajstić information content (AvgIpc) is 2.84. The lowest BCUT2D eigenvalue weighted by atomic mass is 9.77. The van der Waals surface area contributed by atoms with Crippen LogP contribution < -0.4 is 15.5 Å². The van der Waals surface area contributed by atoms with Crippen LogP contribution in [0.5, 0.6) is 5.75 Å². The third-order valence-corrected chi connectivity index (χ3v) is 5.34. The van der Waals surface area contributed by atoms with Crippen LogP contribution in [0.15, 0.2) is 36.7 Å². The maximum atomic E-state index is 12.4. The summed E-state index contributed by atoms with van der Waals surface area (Å²) in [5.74, 6) is 0.437. The van der Waals surface area contributed by atoms with E-state index in [1.165, 1.54) is 0 Å². The van der Waals surface area contributed by atoms with Gasteiger partial charge >= 0.3 is 7.12 Å². The van der Waals surface area contributed by atoms with Crippen LogP contribution in [0.1, 0.15) is 43.6 Å². The molecular formula is C20H25BN2O4. The number of rotatable bonds is 4. The molecule has 0 bridgehead atoms. The van der Waals surface area contributed by atoms with E-state index in [4.69, 9.17) is 14.0 Å². The smallest absolute Gasteiger partial charge is 0.497 e. The molecule has 1 amide bonds. The Kier molecular flexibility index (Phi) is 5.01. The number of nitrogens with one attached hydrogen (secondary N) is 1. The number of benzene rings is 1. The summed E-state index contributed by atoms with van der Waals surface area (Å²) in [5, 5.41) is 2.92. The van der Waals surface area contributed by atoms with Crippen molar-refractivity contribution in [3.8, 4) is 5.75 Å². The number of ether oxygens (including phenoxy) is 1. The second-order valence-electron chi connectivity index (χ2n) is 7.64. The van der Waals surface area contributed by atoms with Crippen molar-refractivity contribution in [2.75, 3.05) is 12.4 Å². The summed E-state index contributed by atoms with van der Waals surface area (Å²) in [6, 6.07) is 7.05. The molecule has 27 heavy (non-hydrogen) atoms. The van der Waals surface area contributed by atoms with Gasteiger partial charge in [0.25, 0.3) is 5.91 Å². The van der Waals surface area contributed by atoms with Crippen molar-refractivity contribution in [1.82, 2.24) is 4.98 Å². The molecule has 2 aromatic rings. The van der Waals surface area contributed by atoms with Crippen molar-refractivity contribution in [2.24, 2.45) is 0 Å². The number of hydrogen-bond acceptors (Lipinski definition) is 5. The Labute approximate surface area is 160 Å². The molecule has 1 aliphatic heterocycles. The zero-order valence-corrected chi connectivity index (χ0v) is 16.6. The van der Waals surface area contributed by atoms with Gasteiger partial charge in [-0.15, -0.1) is 0 Å². The topological polar surface area (TPSA) is 69.7 Å². The summed E-state index contributed by atoms with van der Waals surface area (Å²) in [7, 11) is 1.07. The minimum absolute atomic E-state index is 0.203. The average molecular weight is 368 g/mol. The van der Waals surface area contributed by atoms with Crippen LogP contribution in [0.3, 0.4) is 0 Å². The van der Waals surface area contributed by atoms with E-state index in [0.717, 1.165) is 11.0 Å². The van der Waals surface area contributed by atoms with E-state index < -0.39 is 18.3 Å². The Balaban J connectivity index is 1.90. The number of nitrogens with zero attached hydrogens (tertiary/aromatic N) is 1. The maximum absolute atomic E-state index is 12.4. The number of carbonyl (C=O) groups excluding carboxylic acids is 1. The van der Waals surface area contributed by atoms with Gasteiger partial charge in [-0.1, -0.05) is 6.07 Å². The first-order valence-corrected chi connectivity index (χ1v) is 8.91. The van der Waals surface area contributed by atoms with Crippen molar-refractivity contribution >= 4 is 24.2 Å². The highest BCUT2D eigenvalue weighted by atomic mass is 16.7. The number of carbonyl (C=O) groups is 1. The lowest BCUT2D eigenvalue weighted by Gasteiger charge is -2.32. The van der Waals surface area contributed by atoms with Gasteiger partial charge in [0.05, 0.1) is 18.3 Å². The summed E-state index contributed by atoms with van der Waals surface area (Å²) in [4.78, 5) is 16.4. The predicted molar refractivity (Wildman–Crippen MR) is 106 cm³/mol.